The summed E-state index contributed by atoms with van der Waals surface area (Å²) in [4.78, 5) is 9.13. The Hall–Kier alpha value is -1.33. The number of nitrogens with zero attached hydrogens (tertiary/aromatic N) is 2. The van der Waals surface area contributed by atoms with Crippen LogP contribution in [0.15, 0.2) is 22.7 Å². The number of aromatic nitrogens is 2. The fraction of sp³-hybridized carbons (Fsp3) is 0.333. The second-order valence-corrected chi connectivity index (χ2v) is 5.98. The van der Waals surface area contributed by atoms with Crippen LogP contribution in [0, 0.1) is 6.92 Å². The van der Waals surface area contributed by atoms with Gasteiger partial charge < -0.3 is 10.6 Å². The van der Waals surface area contributed by atoms with Crippen LogP contribution in [-0.4, -0.2) is 17.0 Å². The van der Waals surface area contributed by atoms with Gasteiger partial charge in [0.05, 0.1) is 5.02 Å². The van der Waals surface area contributed by atoms with Crippen LogP contribution in [0.5, 0.6) is 0 Å². The highest BCUT2D eigenvalue weighted by atomic mass is 79.9. The number of hydrogen-bond donors (Lipinski definition) is 2. The van der Waals surface area contributed by atoms with Crippen LogP contribution in [0.4, 0.5) is 17.3 Å². The maximum Gasteiger partial charge on any atom is 0.139 e. The van der Waals surface area contributed by atoms with E-state index in [0.717, 1.165) is 46.0 Å². The van der Waals surface area contributed by atoms with Crippen LogP contribution in [0.1, 0.15) is 24.7 Å². The third-order valence-corrected chi connectivity index (χ3v) is 4.30. The zero-order chi connectivity index (χ0) is 15.4. The number of nitrogens with one attached hydrogen (secondary N) is 2. The molecular formula is C15H18BrClN4. The van der Waals surface area contributed by atoms with Crippen molar-refractivity contribution in [1.82, 2.24) is 9.97 Å². The highest BCUT2D eigenvalue weighted by Crippen LogP contribution is 2.29. The summed E-state index contributed by atoms with van der Waals surface area (Å²) in [7, 11) is 1.87. The maximum absolute atomic E-state index is 6.02. The normalized spacial score (nSPS) is 10.5. The summed E-state index contributed by atoms with van der Waals surface area (Å²) in [5, 5.41) is 7.14. The summed E-state index contributed by atoms with van der Waals surface area (Å²) in [6.07, 6.45) is 1.87. The molecular weight excluding hydrogens is 352 g/mol. The topological polar surface area (TPSA) is 49.8 Å². The van der Waals surface area contributed by atoms with Gasteiger partial charge in [-0.1, -0.05) is 18.5 Å². The Morgan fingerprint density at radius 1 is 1.24 bits per heavy atom. The van der Waals surface area contributed by atoms with Crippen molar-refractivity contribution in [3.8, 4) is 0 Å². The van der Waals surface area contributed by atoms with E-state index >= 15 is 0 Å². The standard InChI is InChI=1S/C15H18BrClN4/c1-4-5-13-20-14(18-3)9(2)15(21-13)19-10-6-7-12(17)11(16)8-10/h6-8H,4-5H2,1-3H3,(H2,18,19,20,21). The van der Waals surface area contributed by atoms with Gasteiger partial charge in [0.25, 0.3) is 0 Å². The smallest absolute Gasteiger partial charge is 0.139 e. The van der Waals surface area contributed by atoms with Gasteiger partial charge in [0.1, 0.15) is 17.5 Å². The Labute approximate surface area is 138 Å². The number of rotatable bonds is 5. The van der Waals surface area contributed by atoms with Crippen LogP contribution in [0.25, 0.3) is 0 Å². The summed E-state index contributed by atoms with van der Waals surface area (Å²) in [6.45, 7) is 4.11. The van der Waals surface area contributed by atoms with Crippen molar-refractivity contribution in [2.75, 3.05) is 17.7 Å². The van der Waals surface area contributed by atoms with Gasteiger partial charge in [0.2, 0.25) is 0 Å². The number of aryl methyl sites for hydroxylation is 1. The van der Waals surface area contributed by atoms with E-state index < -0.39 is 0 Å². The molecule has 0 radical (unpaired) electrons. The van der Waals surface area contributed by atoms with Crippen molar-refractivity contribution in [1.29, 1.82) is 0 Å². The van der Waals surface area contributed by atoms with E-state index in [1.54, 1.807) is 0 Å². The van der Waals surface area contributed by atoms with Gasteiger partial charge in [-0.3, -0.25) is 0 Å². The number of anilines is 3. The van der Waals surface area contributed by atoms with Crippen molar-refractivity contribution in [2.24, 2.45) is 0 Å². The molecule has 0 fully saturated rings. The minimum absolute atomic E-state index is 0.683. The van der Waals surface area contributed by atoms with E-state index in [-0.39, 0.29) is 0 Å². The maximum atomic E-state index is 6.02. The lowest BCUT2D eigenvalue weighted by molar-refractivity contribution is 0.835. The lowest BCUT2D eigenvalue weighted by Gasteiger charge is -2.14. The average Bonchev–Trinajstić information content (AvgIpc) is 2.46. The molecule has 0 aliphatic carbocycles. The molecule has 1 aromatic heterocycles. The molecule has 2 N–H and O–H groups in total. The monoisotopic (exact) mass is 368 g/mol. The molecule has 2 aromatic rings. The van der Waals surface area contributed by atoms with Crippen LogP contribution < -0.4 is 10.6 Å². The van der Waals surface area contributed by atoms with Crippen molar-refractivity contribution in [2.45, 2.75) is 26.7 Å². The number of hydrogen-bond acceptors (Lipinski definition) is 4. The first kappa shape index (κ1) is 16.0. The summed E-state index contributed by atoms with van der Waals surface area (Å²) < 4.78 is 0.850. The molecule has 0 unspecified atom stereocenters. The van der Waals surface area contributed by atoms with Crippen molar-refractivity contribution >= 4 is 44.9 Å². The summed E-state index contributed by atoms with van der Waals surface area (Å²) >= 11 is 9.45. The van der Waals surface area contributed by atoms with Crippen molar-refractivity contribution in [3.05, 3.63) is 39.1 Å². The second-order valence-electron chi connectivity index (χ2n) is 4.72. The Kier molecular flexibility index (Phi) is 5.42. The molecule has 4 nitrogen and oxygen atoms in total. The largest absolute Gasteiger partial charge is 0.373 e. The Morgan fingerprint density at radius 2 is 1.95 bits per heavy atom. The Bertz CT molecular complexity index is 646. The van der Waals surface area contributed by atoms with Crippen molar-refractivity contribution in [3.63, 3.8) is 0 Å². The lowest BCUT2D eigenvalue weighted by Crippen LogP contribution is -2.07. The van der Waals surface area contributed by atoms with Crippen LogP contribution in [-0.2, 0) is 6.42 Å². The van der Waals surface area contributed by atoms with Gasteiger partial charge in [-0.2, -0.15) is 0 Å². The molecule has 0 spiro atoms. The molecule has 6 heteroatoms. The van der Waals surface area contributed by atoms with Gasteiger partial charge in [0, 0.05) is 29.2 Å². The molecule has 21 heavy (non-hydrogen) atoms. The minimum atomic E-state index is 0.683. The van der Waals surface area contributed by atoms with Gasteiger partial charge in [-0.25, -0.2) is 9.97 Å². The number of benzene rings is 1. The Balaban J connectivity index is 2.37. The van der Waals surface area contributed by atoms with Gasteiger partial charge in [-0.05, 0) is 47.5 Å². The first-order chi connectivity index (χ1) is 10.0. The molecule has 1 heterocycles. The first-order valence-corrected chi connectivity index (χ1v) is 7.99. The molecule has 0 saturated heterocycles. The predicted molar refractivity (Wildman–Crippen MR) is 92.7 cm³/mol. The quantitative estimate of drug-likeness (QED) is 0.784. The van der Waals surface area contributed by atoms with E-state index in [2.05, 4.69) is 43.5 Å². The third-order valence-electron chi connectivity index (χ3n) is 3.08. The highest BCUT2D eigenvalue weighted by molar-refractivity contribution is 9.10. The molecule has 0 bridgehead atoms. The van der Waals surface area contributed by atoms with Crippen molar-refractivity contribution < 1.29 is 0 Å². The van der Waals surface area contributed by atoms with Crippen LogP contribution in [0.3, 0.4) is 0 Å². The molecule has 112 valence electrons. The average molecular weight is 370 g/mol. The fourth-order valence-electron chi connectivity index (χ4n) is 1.97. The summed E-state index contributed by atoms with van der Waals surface area (Å²) in [5.41, 5.74) is 1.92. The molecule has 2 rings (SSSR count). The lowest BCUT2D eigenvalue weighted by atomic mass is 10.2. The molecule has 0 amide bonds. The van der Waals surface area contributed by atoms with Gasteiger partial charge in [0.15, 0.2) is 0 Å². The third kappa shape index (κ3) is 3.86. The van der Waals surface area contributed by atoms with Gasteiger partial charge in [-0.15, -0.1) is 0 Å². The van der Waals surface area contributed by atoms with Crippen LogP contribution in [0.2, 0.25) is 5.02 Å². The zero-order valence-corrected chi connectivity index (χ0v) is 14.6. The molecule has 0 aliphatic rings. The SMILES string of the molecule is CCCc1nc(NC)c(C)c(Nc2ccc(Cl)c(Br)c2)n1. The minimum Gasteiger partial charge on any atom is -0.373 e. The first-order valence-electron chi connectivity index (χ1n) is 6.82. The van der Waals surface area contributed by atoms with Gasteiger partial charge >= 0.3 is 0 Å². The molecule has 1 aromatic carbocycles. The van der Waals surface area contributed by atoms with E-state index in [4.69, 9.17) is 11.6 Å². The summed E-state index contributed by atoms with van der Waals surface area (Å²) in [6, 6.07) is 5.70. The molecule has 0 aliphatic heterocycles. The highest BCUT2D eigenvalue weighted by Gasteiger charge is 2.10. The zero-order valence-electron chi connectivity index (χ0n) is 12.3. The molecule has 0 saturated carbocycles. The fourth-order valence-corrected chi connectivity index (χ4v) is 2.47. The number of halogens is 2. The Morgan fingerprint density at radius 3 is 2.57 bits per heavy atom. The second kappa shape index (κ2) is 7.09. The van der Waals surface area contributed by atoms with E-state index in [1.807, 2.05) is 32.2 Å². The van der Waals surface area contributed by atoms with Crippen LogP contribution >= 0.6 is 27.5 Å². The molecule has 0 atom stereocenters. The van der Waals surface area contributed by atoms with E-state index in [1.165, 1.54) is 0 Å². The van der Waals surface area contributed by atoms with E-state index in [0.29, 0.717) is 5.02 Å². The summed E-state index contributed by atoms with van der Waals surface area (Å²) in [5.74, 6) is 2.50. The predicted octanol–water partition coefficient (Wildman–Crippen LogP) is 4.94. The van der Waals surface area contributed by atoms with E-state index in [9.17, 15) is 0 Å².